The summed E-state index contributed by atoms with van der Waals surface area (Å²) in [6.07, 6.45) is 3.50. The topological polar surface area (TPSA) is 102 Å². The van der Waals surface area contributed by atoms with Crippen LogP contribution in [0.1, 0.15) is 6.42 Å². The maximum atomic E-state index is 11.8. The number of rotatable bonds is 3. The zero-order chi connectivity index (χ0) is 14.1. The van der Waals surface area contributed by atoms with Gasteiger partial charge in [0.1, 0.15) is 18.7 Å². The van der Waals surface area contributed by atoms with Crippen LogP contribution >= 0.6 is 11.6 Å². The number of aromatic nitrogens is 6. The average Bonchev–Trinajstić information content (AvgIpc) is 3.04. The van der Waals surface area contributed by atoms with Crippen molar-refractivity contribution in [3.63, 3.8) is 0 Å². The van der Waals surface area contributed by atoms with E-state index in [1.165, 1.54) is 17.3 Å². The lowest BCUT2D eigenvalue weighted by Gasteiger charge is -2.12. The van der Waals surface area contributed by atoms with Crippen molar-refractivity contribution in [3.8, 4) is 5.95 Å². The van der Waals surface area contributed by atoms with Crippen molar-refractivity contribution in [1.82, 2.24) is 34.6 Å². The lowest BCUT2D eigenvalue weighted by molar-refractivity contribution is -0.127. The third-order valence-electron chi connectivity index (χ3n) is 2.95. The Labute approximate surface area is 119 Å². The first-order valence-electron chi connectivity index (χ1n) is 5.91. The maximum absolute atomic E-state index is 11.8. The van der Waals surface area contributed by atoms with Crippen LogP contribution in [0.4, 0.5) is 5.95 Å². The van der Waals surface area contributed by atoms with Crippen molar-refractivity contribution in [2.45, 2.75) is 12.5 Å². The molecule has 0 bridgehead atoms. The van der Waals surface area contributed by atoms with E-state index < -0.39 is 0 Å². The Morgan fingerprint density at radius 3 is 2.90 bits per heavy atom. The van der Waals surface area contributed by atoms with E-state index in [4.69, 9.17) is 11.6 Å². The quantitative estimate of drug-likeness (QED) is 0.832. The van der Waals surface area contributed by atoms with Crippen molar-refractivity contribution in [1.29, 1.82) is 0 Å². The molecule has 1 amide bonds. The molecule has 1 atom stereocenters. The molecule has 1 fully saturated rings. The summed E-state index contributed by atoms with van der Waals surface area (Å²) in [5, 5.41) is 6.90. The molecule has 1 aliphatic heterocycles. The monoisotopic (exact) mass is 294 g/mol. The Balaban J connectivity index is 1.85. The second-order valence-electron chi connectivity index (χ2n) is 4.31. The highest BCUT2D eigenvalue weighted by molar-refractivity contribution is 6.28. The number of carbonyl (C=O) groups excluding carboxylic acids is 1. The molecular formula is C10H11ClN8O. The molecule has 20 heavy (non-hydrogen) atoms. The van der Waals surface area contributed by atoms with E-state index in [2.05, 4.69) is 30.4 Å². The molecule has 1 aliphatic rings. The van der Waals surface area contributed by atoms with Gasteiger partial charge in [-0.25, -0.2) is 4.98 Å². The van der Waals surface area contributed by atoms with E-state index in [0.29, 0.717) is 13.0 Å². The smallest absolute Gasteiger partial charge is 0.258 e. The minimum atomic E-state index is -0.345. The molecule has 3 heterocycles. The number of carbonyl (C=O) groups is 1. The van der Waals surface area contributed by atoms with Crippen LogP contribution in [-0.4, -0.2) is 60.2 Å². The molecule has 0 aromatic carbocycles. The zero-order valence-corrected chi connectivity index (χ0v) is 11.3. The number of nitrogens with zero attached hydrogens (tertiary/aromatic N) is 7. The molecule has 0 aliphatic carbocycles. The molecule has 0 spiro atoms. The highest BCUT2D eigenvalue weighted by atomic mass is 35.5. The van der Waals surface area contributed by atoms with E-state index in [1.54, 1.807) is 11.9 Å². The summed E-state index contributed by atoms with van der Waals surface area (Å²) in [6.45, 7) is 0.700. The van der Waals surface area contributed by atoms with Gasteiger partial charge in [-0.1, -0.05) is 0 Å². The van der Waals surface area contributed by atoms with Gasteiger partial charge < -0.3 is 10.2 Å². The number of likely N-dealkylation sites (N-methyl/N-ethyl adjacent to an activating group) is 1. The van der Waals surface area contributed by atoms with Crippen LogP contribution in [0.15, 0.2) is 12.7 Å². The number of halogens is 1. The lowest BCUT2D eigenvalue weighted by Crippen LogP contribution is -2.31. The van der Waals surface area contributed by atoms with Crippen molar-refractivity contribution in [3.05, 3.63) is 17.9 Å². The van der Waals surface area contributed by atoms with E-state index in [1.807, 2.05) is 0 Å². The van der Waals surface area contributed by atoms with E-state index in [0.717, 1.165) is 0 Å². The minimum Gasteiger partial charge on any atom is -0.344 e. The molecule has 2 aromatic heterocycles. The van der Waals surface area contributed by atoms with Crippen LogP contribution in [0, 0.1) is 0 Å². The largest absolute Gasteiger partial charge is 0.344 e. The molecule has 10 heteroatoms. The molecule has 1 unspecified atom stereocenters. The van der Waals surface area contributed by atoms with Crippen molar-refractivity contribution < 1.29 is 4.79 Å². The fraction of sp³-hybridized carbons (Fsp3) is 0.400. The number of amides is 1. The first-order chi connectivity index (χ1) is 9.63. The molecule has 2 aromatic rings. The molecule has 0 radical (unpaired) electrons. The summed E-state index contributed by atoms with van der Waals surface area (Å²) in [4.78, 5) is 29.4. The second kappa shape index (κ2) is 5.00. The van der Waals surface area contributed by atoms with Gasteiger partial charge in [-0.05, 0) is 18.0 Å². The number of nitrogens with one attached hydrogen (secondary N) is 1. The lowest BCUT2D eigenvalue weighted by atomic mass is 10.2. The van der Waals surface area contributed by atoms with Gasteiger partial charge in [0.05, 0.1) is 0 Å². The van der Waals surface area contributed by atoms with Crippen LogP contribution in [0.3, 0.4) is 0 Å². The van der Waals surface area contributed by atoms with Gasteiger partial charge in [0, 0.05) is 13.6 Å². The van der Waals surface area contributed by atoms with E-state index >= 15 is 0 Å². The summed E-state index contributed by atoms with van der Waals surface area (Å²) in [7, 11) is 1.76. The van der Waals surface area contributed by atoms with Gasteiger partial charge in [-0.15, -0.1) is 0 Å². The predicted octanol–water partition coefficient (Wildman–Crippen LogP) is -0.252. The number of hydrogen-bond donors (Lipinski definition) is 1. The standard InChI is InChI=1S/C10H11ClN8O/c1-18-3-2-6(7(18)20)14-9-15-8(11)16-10(17-9)19-5-12-4-13-19/h4-6H,2-3H2,1H3,(H,14,15,16,17). The van der Waals surface area contributed by atoms with Crippen LogP contribution in [0.25, 0.3) is 5.95 Å². The molecule has 1 N–H and O–H groups in total. The fourth-order valence-corrected chi connectivity index (χ4v) is 2.09. The number of likely N-dealkylation sites (tertiary alicyclic amines) is 1. The molecule has 104 valence electrons. The van der Waals surface area contributed by atoms with Gasteiger partial charge in [0.2, 0.25) is 17.1 Å². The maximum Gasteiger partial charge on any atom is 0.258 e. The van der Waals surface area contributed by atoms with E-state index in [9.17, 15) is 4.79 Å². The van der Waals surface area contributed by atoms with Gasteiger partial charge in [-0.2, -0.15) is 24.7 Å². The first kappa shape index (κ1) is 12.7. The van der Waals surface area contributed by atoms with Gasteiger partial charge in [-0.3, -0.25) is 4.79 Å². The SMILES string of the molecule is CN1CCC(Nc2nc(Cl)nc(-n3cncn3)n2)C1=O. The highest BCUT2D eigenvalue weighted by Gasteiger charge is 2.29. The van der Waals surface area contributed by atoms with Crippen molar-refractivity contribution >= 4 is 23.5 Å². The number of anilines is 1. The van der Waals surface area contributed by atoms with Gasteiger partial charge >= 0.3 is 0 Å². The Kier molecular flexibility index (Phi) is 3.18. The molecule has 9 nitrogen and oxygen atoms in total. The molecule has 1 saturated heterocycles. The Hall–Kier alpha value is -2.29. The number of hydrogen-bond acceptors (Lipinski definition) is 7. The third-order valence-corrected chi connectivity index (χ3v) is 3.12. The van der Waals surface area contributed by atoms with Gasteiger partial charge in [0.25, 0.3) is 5.95 Å². The van der Waals surface area contributed by atoms with Crippen molar-refractivity contribution in [2.75, 3.05) is 18.9 Å². The van der Waals surface area contributed by atoms with Crippen molar-refractivity contribution in [2.24, 2.45) is 0 Å². The summed E-state index contributed by atoms with van der Waals surface area (Å²) < 4.78 is 1.36. The fourth-order valence-electron chi connectivity index (χ4n) is 1.93. The molecule has 0 saturated carbocycles. The third kappa shape index (κ3) is 2.39. The predicted molar refractivity (Wildman–Crippen MR) is 69.4 cm³/mol. The second-order valence-corrected chi connectivity index (χ2v) is 4.65. The Bertz CT molecular complexity index is 630. The molecular weight excluding hydrogens is 284 g/mol. The normalized spacial score (nSPS) is 18.6. The van der Waals surface area contributed by atoms with Crippen LogP contribution < -0.4 is 5.32 Å². The van der Waals surface area contributed by atoms with Crippen LogP contribution in [0.5, 0.6) is 0 Å². The summed E-state index contributed by atoms with van der Waals surface area (Å²) in [6, 6.07) is -0.345. The van der Waals surface area contributed by atoms with E-state index in [-0.39, 0.29) is 29.1 Å². The summed E-state index contributed by atoms with van der Waals surface area (Å²) in [5.74, 6) is 0.483. The first-order valence-corrected chi connectivity index (χ1v) is 6.29. The highest BCUT2D eigenvalue weighted by Crippen LogP contribution is 2.15. The Morgan fingerprint density at radius 2 is 2.25 bits per heavy atom. The Morgan fingerprint density at radius 1 is 1.40 bits per heavy atom. The van der Waals surface area contributed by atoms with Crippen LogP contribution in [-0.2, 0) is 4.79 Å². The summed E-state index contributed by atoms with van der Waals surface area (Å²) >= 11 is 5.86. The van der Waals surface area contributed by atoms with Gasteiger partial charge in [0.15, 0.2) is 0 Å². The minimum absolute atomic E-state index is 0.00356. The van der Waals surface area contributed by atoms with Crippen LogP contribution in [0.2, 0.25) is 5.28 Å². The summed E-state index contributed by atoms with van der Waals surface area (Å²) in [5.41, 5.74) is 0. The zero-order valence-electron chi connectivity index (χ0n) is 10.6. The molecule has 3 rings (SSSR count). The average molecular weight is 295 g/mol.